The molecule has 1 aromatic heterocycles. The molecule has 1 aliphatic rings. The molecule has 0 bridgehead atoms. The monoisotopic (exact) mass is 259 g/mol. The van der Waals surface area contributed by atoms with Crippen molar-refractivity contribution in [1.82, 2.24) is 10.2 Å². The Bertz CT molecular complexity index is 445. The summed E-state index contributed by atoms with van der Waals surface area (Å²) in [5, 5.41) is 17.3. The first-order valence-electron chi connectivity index (χ1n) is 7.00. The minimum Gasteiger partial charge on any atom is -0.351 e. The quantitative estimate of drug-likeness (QED) is 0.892. The lowest BCUT2D eigenvalue weighted by Gasteiger charge is -2.36. The molecule has 2 N–H and O–H groups in total. The standard InChI is InChI=1S/C14H21N5/c1-2-9-19(13-5-3-12(16)4-6-13)14-11(10-15)7-8-17-18-14/h7-8,12-13H,2-6,9,16H2,1H3. The van der Waals surface area contributed by atoms with E-state index in [1.807, 2.05) is 0 Å². The van der Waals surface area contributed by atoms with Gasteiger partial charge in [0.25, 0.3) is 0 Å². The highest BCUT2D eigenvalue weighted by molar-refractivity contribution is 5.53. The Balaban J connectivity index is 2.22. The Morgan fingerprint density at radius 1 is 1.42 bits per heavy atom. The molecule has 0 amide bonds. The molecule has 1 aliphatic carbocycles. The third-order valence-electron chi connectivity index (χ3n) is 3.74. The van der Waals surface area contributed by atoms with Gasteiger partial charge in [0.1, 0.15) is 6.07 Å². The summed E-state index contributed by atoms with van der Waals surface area (Å²) in [5.41, 5.74) is 6.58. The van der Waals surface area contributed by atoms with Crippen LogP contribution in [0.1, 0.15) is 44.6 Å². The number of nitriles is 1. The van der Waals surface area contributed by atoms with E-state index in [0.717, 1.165) is 44.5 Å². The molecular weight excluding hydrogens is 238 g/mol. The molecule has 1 fully saturated rings. The predicted molar refractivity (Wildman–Crippen MR) is 74.6 cm³/mol. The van der Waals surface area contributed by atoms with Gasteiger partial charge < -0.3 is 10.6 Å². The lowest BCUT2D eigenvalue weighted by Crippen LogP contribution is -2.42. The Morgan fingerprint density at radius 3 is 2.79 bits per heavy atom. The summed E-state index contributed by atoms with van der Waals surface area (Å²) < 4.78 is 0. The molecule has 0 atom stereocenters. The first kappa shape index (κ1) is 13.8. The van der Waals surface area contributed by atoms with E-state index in [4.69, 9.17) is 5.73 Å². The third kappa shape index (κ3) is 3.21. The predicted octanol–water partition coefficient (Wildman–Crippen LogP) is 1.83. The maximum Gasteiger partial charge on any atom is 0.169 e. The fourth-order valence-electron chi connectivity index (χ4n) is 2.74. The van der Waals surface area contributed by atoms with E-state index in [9.17, 15) is 5.26 Å². The van der Waals surface area contributed by atoms with Crippen molar-refractivity contribution in [3.63, 3.8) is 0 Å². The van der Waals surface area contributed by atoms with Crippen molar-refractivity contribution in [2.24, 2.45) is 5.73 Å². The molecular formula is C14H21N5. The molecule has 0 aromatic carbocycles. The van der Waals surface area contributed by atoms with Gasteiger partial charge in [-0.05, 0) is 38.2 Å². The molecule has 5 nitrogen and oxygen atoms in total. The van der Waals surface area contributed by atoms with Crippen LogP contribution in [0.5, 0.6) is 0 Å². The number of rotatable bonds is 4. The number of hydrogen-bond donors (Lipinski definition) is 1. The van der Waals surface area contributed by atoms with Gasteiger partial charge in [-0.15, -0.1) is 5.10 Å². The molecule has 0 radical (unpaired) electrons. The van der Waals surface area contributed by atoms with Crippen LogP contribution in [0.3, 0.4) is 0 Å². The van der Waals surface area contributed by atoms with Gasteiger partial charge in [-0.2, -0.15) is 10.4 Å². The molecule has 0 saturated heterocycles. The highest BCUT2D eigenvalue weighted by atomic mass is 15.3. The Morgan fingerprint density at radius 2 is 2.16 bits per heavy atom. The minimum absolute atomic E-state index is 0.331. The summed E-state index contributed by atoms with van der Waals surface area (Å²) in [7, 11) is 0. The van der Waals surface area contributed by atoms with Gasteiger partial charge in [0.15, 0.2) is 5.82 Å². The number of anilines is 1. The van der Waals surface area contributed by atoms with Gasteiger partial charge in [-0.3, -0.25) is 0 Å². The fourth-order valence-corrected chi connectivity index (χ4v) is 2.74. The summed E-state index contributed by atoms with van der Waals surface area (Å²) >= 11 is 0. The zero-order valence-electron chi connectivity index (χ0n) is 11.4. The van der Waals surface area contributed by atoms with Crippen LogP contribution in [0.2, 0.25) is 0 Å². The maximum atomic E-state index is 9.21. The fraction of sp³-hybridized carbons (Fsp3) is 0.643. The van der Waals surface area contributed by atoms with Crippen LogP contribution < -0.4 is 10.6 Å². The van der Waals surface area contributed by atoms with E-state index in [0.29, 0.717) is 17.6 Å². The molecule has 0 spiro atoms. The summed E-state index contributed by atoms with van der Waals surface area (Å²) in [6, 6.07) is 4.71. The minimum atomic E-state index is 0.331. The smallest absolute Gasteiger partial charge is 0.169 e. The molecule has 1 heterocycles. The molecule has 0 aliphatic heterocycles. The summed E-state index contributed by atoms with van der Waals surface area (Å²) in [4.78, 5) is 2.25. The second-order valence-electron chi connectivity index (χ2n) is 5.14. The Hall–Kier alpha value is -1.67. The summed E-state index contributed by atoms with van der Waals surface area (Å²) in [5.74, 6) is 0.729. The van der Waals surface area contributed by atoms with E-state index in [-0.39, 0.29) is 0 Å². The number of nitrogens with two attached hydrogens (primary N) is 1. The van der Waals surface area contributed by atoms with Crippen molar-refractivity contribution in [3.05, 3.63) is 17.8 Å². The maximum absolute atomic E-state index is 9.21. The lowest BCUT2D eigenvalue weighted by molar-refractivity contribution is 0.373. The largest absolute Gasteiger partial charge is 0.351 e. The first-order chi connectivity index (χ1) is 9.26. The summed E-state index contributed by atoms with van der Waals surface area (Å²) in [6.45, 7) is 3.05. The van der Waals surface area contributed by atoms with Gasteiger partial charge in [-0.1, -0.05) is 6.92 Å². The van der Waals surface area contributed by atoms with E-state index in [1.54, 1.807) is 12.3 Å². The topological polar surface area (TPSA) is 78.8 Å². The average molecular weight is 259 g/mol. The van der Waals surface area contributed by atoms with Crippen LogP contribution in [-0.4, -0.2) is 28.8 Å². The highest BCUT2D eigenvalue weighted by Gasteiger charge is 2.26. The third-order valence-corrected chi connectivity index (χ3v) is 3.74. The van der Waals surface area contributed by atoms with Gasteiger partial charge in [-0.25, -0.2) is 0 Å². The van der Waals surface area contributed by atoms with Gasteiger partial charge in [0, 0.05) is 18.6 Å². The van der Waals surface area contributed by atoms with Crippen molar-refractivity contribution in [2.75, 3.05) is 11.4 Å². The lowest BCUT2D eigenvalue weighted by atomic mass is 9.90. The van der Waals surface area contributed by atoms with Crippen LogP contribution >= 0.6 is 0 Å². The van der Waals surface area contributed by atoms with Crippen LogP contribution in [0.25, 0.3) is 0 Å². The zero-order chi connectivity index (χ0) is 13.7. The van der Waals surface area contributed by atoms with E-state index in [2.05, 4.69) is 28.1 Å². The number of nitrogens with zero attached hydrogens (tertiary/aromatic N) is 4. The average Bonchev–Trinajstić information content (AvgIpc) is 2.46. The van der Waals surface area contributed by atoms with Crippen LogP contribution in [-0.2, 0) is 0 Å². The van der Waals surface area contributed by atoms with E-state index < -0.39 is 0 Å². The molecule has 2 rings (SSSR count). The van der Waals surface area contributed by atoms with Crippen LogP contribution in [0.15, 0.2) is 12.3 Å². The van der Waals surface area contributed by atoms with Crippen molar-refractivity contribution in [2.45, 2.75) is 51.1 Å². The molecule has 1 aromatic rings. The Labute approximate surface area is 114 Å². The second kappa shape index (κ2) is 6.48. The van der Waals surface area contributed by atoms with E-state index in [1.165, 1.54) is 0 Å². The molecule has 102 valence electrons. The Kier molecular flexibility index (Phi) is 4.69. The highest BCUT2D eigenvalue weighted by Crippen LogP contribution is 2.27. The SMILES string of the molecule is CCCN(c1nnccc1C#N)C1CCC(N)CC1. The van der Waals surface area contributed by atoms with Crippen molar-refractivity contribution in [3.8, 4) is 6.07 Å². The van der Waals surface area contributed by atoms with Gasteiger partial charge >= 0.3 is 0 Å². The van der Waals surface area contributed by atoms with Crippen molar-refractivity contribution < 1.29 is 0 Å². The first-order valence-corrected chi connectivity index (χ1v) is 7.00. The van der Waals surface area contributed by atoms with E-state index >= 15 is 0 Å². The summed E-state index contributed by atoms with van der Waals surface area (Å²) in [6.07, 6.45) is 6.85. The molecule has 5 heteroatoms. The van der Waals surface area contributed by atoms with Gasteiger partial charge in [0.05, 0.1) is 11.8 Å². The van der Waals surface area contributed by atoms with Gasteiger partial charge in [0.2, 0.25) is 0 Å². The number of aromatic nitrogens is 2. The molecule has 19 heavy (non-hydrogen) atoms. The van der Waals surface area contributed by atoms with Crippen molar-refractivity contribution >= 4 is 5.82 Å². The second-order valence-corrected chi connectivity index (χ2v) is 5.14. The van der Waals surface area contributed by atoms with Crippen LogP contribution in [0, 0.1) is 11.3 Å². The molecule has 1 saturated carbocycles. The zero-order valence-corrected chi connectivity index (χ0v) is 11.4. The van der Waals surface area contributed by atoms with Crippen molar-refractivity contribution in [1.29, 1.82) is 5.26 Å². The number of hydrogen-bond acceptors (Lipinski definition) is 5. The van der Waals surface area contributed by atoms with Crippen LogP contribution in [0.4, 0.5) is 5.82 Å². The molecule has 0 unspecified atom stereocenters. The normalized spacial score (nSPS) is 22.8.